The maximum Gasteiger partial charge on any atom is 0.253 e. The average Bonchev–Trinajstić information content (AvgIpc) is 3.17. The Morgan fingerprint density at radius 2 is 1.83 bits per heavy atom. The van der Waals surface area contributed by atoms with Crippen LogP contribution in [-0.4, -0.2) is 50.1 Å². The van der Waals surface area contributed by atoms with Crippen molar-refractivity contribution >= 4 is 11.6 Å². The standard InChI is InChI=1S/C19H29N3O/c1-3-5-10-21(4-2)18-8-6-15(7-9-18)19(23)22-13-16-11-20-12-17(16)14-22/h6-9,16-17,20H,3-5,10-14H2,1-2H3/t16-,17+. The summed E-state index contributed by atoms with van der Waals surface area (Å²) < 4.78 is 0. The van der Waals surface area contributed by atoms with Gasteiger partial charge in [0.1, 0.15) is 0 Å². The monoisotopic (exact) mass is 315 g/mol. The van der Waals surface area contributed by atoms with Crippen LogP contribution in [0.25, 0.3) is 0 Å². The van der Waals surface area contributed by atoms with Crippen LogP contribution in [0.1, 0.15) is 37.0 Å². The van der Waals surface area contributed by atoms with Gasteiger partial charge in [-0.2, -0.15) is 0 Å². The van der Waals surface area contributed by atoms with E-state index >= 15 is 0 Å². The summed E-state index contributed by atoms with van der Waals surface area (Å²) in [4.78, 5) is 17.1. The first-order valence-corrected chi connectivity index (χ1v) is 9.08. The summed E-state index contributed by atoms with van der Waals surface area (Å²) in [5, 5.41) is 3.42. The van der Waals surface area contributed by atoms with E-state index in [2.05, 4.69) is 36.2 Å². The van der Waals surface area contributed by atoms with Crippen molar-refractivity contribution in [2.24, 2.45) is 11.8 Å². The second kappa shape index (κ2) is 7.35. The fourth-order valence-corrected chi connectivity index (χ4v) is 3.84. The molecule has 0 aromatic heterocycles. The Kier molecular flexibility index (Phi) is 5.21. The number of anilines is 1. The van der Waals surface area contributed by atoms with Gasteiger partial charge in [0.05, 0.1) is 0 Å². The van der Waals surface area contributed by atoms with Crippen LogP contribution >= 0.6 is 0 Å². The molecule has 126 valence electrons. The number of unbranched alkanes of at least 4 members (excludes halogenated alkanes) is 1. The molecule has 0 bridgehead atoms. The van der Waals surface area contributed by atoms with Crippen LogP contribution in [0.15, 0.2) is 24.3 Å². The van der Waals surface area contributed by atoms with Gasteiger partial charge in [-0.3, -0.25) is 4.79 Å². The molecule has 3 rings (SSSR count). The Balaban J connectivity index is 1.63. The van der Waals surface area contributed by atoms with Crippen LogP contribution in [0.5, 0.6) is 0 Å². The lowest BCUT2D eigenvalue weighted by atomic mass is 10.0. The maximum absolute atomic E-state index is 12.7. The molecule has 2 fully saturated rings. The lowest BCUT2D eigenvalue weighted by molar-refractivity contribution is 0.0781. The Morgan fingerprint density at radius 1 is 1.17 bits per heavy atom. The third-order valence-electron chi connectivity index (χ3n) is 5.32. The van der Waals surface area contributed by atoms with Crippen molar-refractivity contribution in [2.75, 3.05) is 44.2 Å². The third-order valence-corrected chi connectivity index (χ3v) is 5.32. The minimum Gasteiger partial charge on any atom is -0.372 e. The molecule has 4 nitrogen and oxygen atoms in total. The Hall–Kier alpha value is -1.55. The van der Waals surface area contributed by atoms with Crippen molar-refractivity contribution in [3.63, 3.8) is 0 Å². The quantitative estimate of drug-likeness (QED) is 0.876. The van der Waals surface area contributed by atoms with Crippen molar-refractivity contribution in [1.82, 2.24) is 10.2 Å². The highest BCUT2D eigenvalue weighted by Crippen LogP contribution is 2.27. The lowest BCUT2D eigenvalue weighted by Gasteiger charge is -2.23. The summed E-state index contributed by atoms with van der Waals surface area (Å²) in [6.45, 7) is 10.5. The van der Waals surface area contributed by atoms with Crippen molar-refractivity contribution in [2.45, 2.75) is 26.7 Å². The second-order valence-electron chi connectivity index (χ2n) is 6.87. The highest BCUT2D eigenvalue weighted by atomic mass is 16.2. The predicted molar refractivity (Wildman–Crippen MR) is 95.0 cm³/mol. The molecule has 0 unspecified atom stereocenters. The number of carbonyl (C=O) groups is 1. The zero-order valence-electron chi connectivity index (χ0n) is 14.4. The number of carbonyl (C=O) groups excluding carboxylic acids is 1. The molecule has 23 heavy (non-hydrogen) atoms. The van der Waals surface area contributed by atoms with Crippen LogP contribution in [0.2, 0.25) is 0 Å². The fourth-order valence-electron chi connectivity index (χ4n) is 3.84. The normalized spacial score (nSPS) is 23.1. The minimum atomic E-state index is 0.197. The third kappa shape index (κ3) is 3.52. The number of amides is 1. The summed E-state index contributed by atoms with van der Waals surface area (Å²) in [6.07, 6.45) is 2.42. The molecule has 0 aliphatic carbocycles. The molecule has 2 atom stereocenters. The molecule has 0 spiro atoms. The van der Waals surface area contributed by atoms with E-state index in [1.807, 2.05) is 17.0 Å². The molecule has 4 heteroatoms. The van der Waals surface area contributed by atoms with Gasteiger partial charge in [0.25, 0.3) is 5.91 Å². The van der Waals surface area contributed by atoms with Crippen molar-refractivity contribution < 1.29 is 4.79 Å². The van der Waals surface area contributed by atoms with Gasteiger partial charge in [0.15, 0.2) is 0 Å². The van der Waals surface area contributed by atoms with Crippen LogP contribution < -0.4 is 10.2 Å². The molecular formula is C19H29N3O. The Bertz CT molecular complexity index is 516. The molecule has 1 aromatic rings. The van der Waals surface area contributed by atoms with Crippen LogP contribution in [-0.2, 0) is 0 Å². The average molecular weight is 315 g/mol. The van der Waals surface area contributed by atoms with Crippen LogP contribution in [0.4, 0.5) is 5.69 Å². The number of benzene rings is 1. The van der Waals surface area contributed by atoms with E-state index in [-0.39, 0.29) is 5.91 Å². The topological polar surface area (TPSA) is 35.6 Å². The minimum absolute atomic E-state index is 0.197. The molecule has 0 saturated carbocycles. The van der Waals surface area contributed by atoms with Gasteiger partial charge in [0, 0.05) is 50.5 Å². The van der Waals surface area contributed by atoms with Crippen molar-refractivity contribution in [3.05, 3.63) is 29.8 Å². The Labute approximate surface area is 139 Å². The number of nitrogens with one attached hydrogen (secondary N) is 1. The molecule has 2 aliphatic rings. The number of rotatable bonds is 6. The number of hydrogen-bond acceptors (Lipinski definition) is 3. The molecular weight excluding hydrogens is 286 g/mol. The van der Waals surface area contributed by atoms with Crippen LogP contribution in [0.3, 0.4) is 0 Å². The van der Waals surface area contributed by atoms with E-state index in [9.17, 15) is 4.79 Å². The van der Waals surface area contributed by atoms with Gasteiger partial charge >= 0.3 is 0 Å². The first kappa shape index (κ1) is 16.3. The SMILES string of the molecule is CCCCN(CC)c1ccc(C(=O)N2C[C@H]3CNC[C@H]3C2)cc1. The van der Waals surface area contributed by atoms with Gasteiger partial charge in [-0.25, -0.2) is 0 Å². The molecule has 2 aliphatic heterocycles. The highest BCUT2D eigenvalue weighted by molar-refractivity contribution is 5.94. The van der Waals surface area contributed by atoms with Gasteiger partial charge in [-0.15, -0.1) is 0 Å². The van der Waals surface area contributed by atoms with Gasteiger partial charge in [-0.05, 0) is 49.4 Å². The fraction of sp³-hybridized carbons (Fsp3) is 0.632. The van der Waals surface area contributed by atoms with E-state index in [1.165, 1.54) is 18.5 Å². The molecule has 2 heterocycles. The number of hydrogen-bond donors (Lipinski definition) is 1. The second-order valence-corrected chi connectivity index (χ2v) is 6.87. The molecule has 1 amide bonds. The number of fused-ring (bicyclic) bond motifs is 1. The smallest absolute Gasteiger partial charge is 0.253 e. The van der Waals surface area contributed by atoms with E-state index < -0.39 is 0 Å². The zero-order valence-corrected chi connectivity index (χ0v) is 14.4. The molecule has 1 aromatic carbocycles. The molecule has 0 radical (unpaired) electrons. The van der Waals surface area contributed by atoms with Crippen LogP contribution in [0, 0.1) is 11.8 Å². The number of likely N-dealkylation sites (tertiary alicyclic amines) is 1. The van der Waals surface area contributed by atoms with E-state index in [0.29, 0.717) is 11.8 Å². The number of nitrogens with zero attached hydrogens (tertiary/aromatic N) is 2. The summed E-state index contributed by atoms with van der Waals surface area (Å²) in [5.74, 6) is 1.51. The van der Waals surface area contributed by atoms with E-state index in [4.69, 9.17) is 0 Å². The summed E-state index contributed by atoms with van der Waals surface area (Å²) in [6, 6.07) is 8.20. The van der Waals surface area contributed by atoms with E-state index in [1.54, 1.807) is 0 Å². The molecule has 1 N–H and O–H groups in total. The largest absolute Gasteiger partial charge is 0.372 e. The molecule has 2 saturated heterocycles. The van der Waals surface area contributed by atoms with Crippen molar-refractivity contribution in [3.8, 4) is 0 Å². The maximum atomic E-state index is 12.7. The summed E-state index contributed by atoms with van der Waals surface area (Å²) in [5.41, 5.74) is 2.05. The predicted octanol–water partition coefficient (Wildman–Crippen LogP) is 2.60. The first-order valence-electron chi connectivity index (χ1n) is 9.08. The van der Waals surface area contributed by atoms with Crippen molar-refractivity contribution in [1.29, 1.82) is 0 Å². The summed E-state index contributed by atoms with van der Waals surface area (Å²) in [7, 11) is 0. The first-order chi connectivity index (χ1) is 11.2. The van der Waals surface area contributed by atoms with Gasteiger partial charge in [0.2, 0.25) is 0 Å². The summed E-state index contributed by atoms with van der Waals surface area (Å²) >= 11 is 0. The van der Waals surface area contributed by atoms with E-state index in [0.717, 1.165) is 44.8 Å². The lowest BCUT2D eigenvalue weighted by Crippen LogP contribution is -2.32. The van der Waals surface area contributed by atoms with Gasteiger partial charge < -0.3 is 15.1 Å². The van der Waals surface area contributed by atoms with Gasteiger partial charge in [-0.1, -0.05) is 13.3 Å². The zero-order chi connectivity index (χ0) is 16.2. The Morgan fingerprint density at radius 3 is 2.39 bits per heavy atom. The highest BCUT2D eigenvalue weighted by Gasteiger charge is 2.38.